The van der Waals surface area contributed by atoms with E-state index in [2.05, 4.69) is 0 Å². The van der Waals surface area contributed by atoms with Crippen molar-refractivity contribution in [2.45, 2.75) is 31.9 Å². The van der Waals surface area contributed by atoms with E-state index in [-0.39, 0.29) is 11.1 Å². The minimum absolute atomic E-state index is 0.176. The standard InChI is InChI=1S/C22H19F5N2O3/c1-13-2-4-14(5-3-13)17(23)11-28-19(30)10-20(31)29(21(28)32)12-18(24)15-6-8-16(9-7-15)22(25,26)27/h2-9,17-18H,10-12H2,1H3/t17-,18-/m1/s1. The van der Waals surface area contributed by atoms with Crippen LogP contribution in [0, 0.1) is 6.92 Å². The topological polar surface area (TPSA) is 57.7 Å². The summed E-state index contributed by atoms with van der Waals surface area (Å²) in [4.78, 5) is 38.0. The van der Waals surface area contributed by atoms with E-state index < -0.39 is 61.4 Å². The molecule has 0 saturated carbocycles. The van der Waals surface area contributed by atoms with Crippen LogP contribution in [0.25, 0.3) is 0 Å². The Bertz CT molecular complexity index is 1010. The summed E-state index contributed by atoms with van der Waals surface area (Å²) in [6, 6.07) is 8.35. The number of rotatable bonds is 6. The van der Waals surface area contributed by atoms with Crippen molar-refractivity contribution in [3.8, 4) is 0 Å². The molecule has 4 amide bonds. The number of aryl methyl sites for hydroxylation is 1. The van der Waals surface area contributed by atoms with Crippen LogP contribution in [0.1, 0.15) is 41.0 Å². The zero-order valence-corrected chi connectivity index (χ0v) is 16.9. The molecule has 2 atom stereocenters. The summed E-state index contributed by atoms with van der Waals surface area (Å²) in [5, 5.41) is 0. The summed E-state index contributed by atoms with van der Waals surface area (Å²) in [5.41, 5.74) is -0.0293. The van der Waals surface area contributed by atoms with Crippen molar-refractivity contribution in [1.82, 2.24) is 9.80 Å². The Morgan fingerprint density at radius 1 is 0.781 bits per heavy atom. The molecule has 170 valence electrons. The molecule has 0 unspecified atom stereocenters. The van der Waals surface area contributed by atoms with Gasteiger partial charge < -0.3 is 0 Å². The van der Waals surface area contributed by atoms with E-state index in [9.17, 15) is 36.3 Å². The Labute approximate surface area is 180 Å². The maximum atomic E-state index is 14.7. The fraction of sp³-hybridized carbons (Fsp3) is 0.318. The van der Waals surface area contributed by atoms with Crippen LogP contribution in [0.2, 0.25) is 0 Å². The van der Waals surface area contributed by atoms with E-state index in [1.807, 2.05) is 6.92 Å². The number of urea groups is 1. The number of barbiturate groups is 1. The number of imide groups is 2. The molecule has 32 heavy (non-hydrogen) atoms. The van der Waals surface area contributed by atoms with Crippen molar-refractivity contribution in [1.29, 1.82) is 0 Å². The quantitative estimate of drug-likeness (QED) is 0.460. The lowest BCUT2D eigenvalue weighted by Crippen LogP contribution is -2.56. The molecule has 1 aliphatic rings. The van der Waals surface area contributed by atoms with Gasteiger partial charge in [0.25, 0.3) is 0 Å². The molecule has 1 saturated heterocycles. The highest BCUT2D eigenvalue weighted by Crippen LogP contribution is 2.31. The highest BCUT2D eigenvalue weighted by atomic mass is 19.4. The van der Waals surface area contributed by atoms with Gasteiger partial charge in [-0.25, -0.2) is 13.6 Å². The Hall–Kier alpha value is -3.30. The second-order valence-corrected chi connectivity index (χ2v) is 7.43. The van der Waals surface area contributed by atoms with Crippen molar-refractivity contribution >= 4 is 17.8 Å². The van der Waals surface area contributed by atoms with Gasteiger partial charge in [-0.05, 0) is 30.2 Å². The van der Waals surface area contributed by atoms with Gasteiger partial charge in [0.1, 0.15) is 18.8 Å². The first kappa shape index (κ1) is 23.4. The Kier molecular flexibility index (Phi) is 6.61. The lowest BCUT2D eigenvalue weighted by atomic mass is 10.1. The Morgan fingerprint density at radius 2 is 1.19 bits per heavy atom. The van der Waals surface area contributed by atoms with E-state index in [0.29, 0.717) is 21.9 Å². The molecule has 0 radical (unpaired) electrons. The van der Waals surface area contributed by atoms with E-state index in [4.69, 9.17) is 0 Å². The first-order chi connectivity index (χ1) is 15.0. The van der Waals surface area contributed by atoms with Crippen LogP contribution in [0.3, 0.4) is 0 Å². The van der Waals surface area contributed by atoms with Gasteiger partial charge in [-0.3, -0.25) is 19.4 Å². The zero-order valence-electron chi connectivity index (χ0n) is 16.9. The minimum Gasteiger partial charge on any atom is -0.274 e. The van der Waals surface area contributed by atoms with Crippen LogP contribution in [0.4, 0.5) is 26.7 Å². The molecule has 0 aliphatic carbocycles. The van der Waals surface area contributed by atoms with E-state index >= 15 is 0 Å². The average molecular weight is 454 g/mol. The van der Waals surface area contributed by atoms with Crippen molar-refractivity contribution in [3.63, 3.8) is 0 Å². The molecule has 1 heterocycles. The van der Waals surface area contributed by atoms with Gasteiger partial charge in [-0.15, -0.1) is 0 Å². The minimum atomic E-state index is -4.59. The number of amides is 4. The highest BCUT2D eigenvalue weighted by Gasteiger charge is 2.40. The van der Waals surface area contributed by atoms with Gasteiger partial charge >= 0.3 is 12.2 Å². The maximum Gasteiger partial charge on any atom is 0.416 e. The molecule has 2 aromatic rings. The van der Waals surface area contributed by atoms with Crippen LogP contribution in [-0.4, -0.2) is 40.7 Å². The Morgan fingerprint density at radius 3 is 1.59 bits per heavy atom. The fourth-order valence-corrected chi connectivity index (χ4v) is 3.23. The van der Waals surface area contributed by atoms with E-state index in [1.165, 1.54) is 12.1 Å². The molecule has 1 aliphatic heterocycles. The van der Waals surface area contributed by atoms with Gasteiger partial charge in [-0.1, -0.05) is 42.0 Å². The van der Waals surface area contributed by atoms with Gasteiger partial charge in [0, 0.05) is 0 Å². The molecule has 0 aromatic heterocycles. The van der Waals surface area contributed by atoms with Gasteiger partial charge in [0.15, 0.2) is 0 Å². The lowest BCUT2D eigenvalue weighted by molar-refractivity contribution is -0.143. The summed E-state index contributed by atoms with van der Waals surface area (Å²) in [7, 11) is 0. The second kappa shape index (κ2) is 9.05. The van der Waals surface area contributed by atoms with Crippen molar-refractivity contribution in [3.05, 3.63) is 70.8 Å². The van der Waals surface area contributed by atoms with Crippen LogP contribution in [-0.2, 0) is 15.8 Å². The first-order valence-corrected chi connectivity index (χ1v) is 9.64. The Balaban J connectivity index is 1.72. The fourth-order valence-electron chi connectivity index (χ4n) is 3.23. The molecular formula is C22H19F5N2O3. The number of carbonyl (C=O) groups is 3. The third-order valence-corrected chi connectivity index (χ3v) is 5.09. The molecule has 0 N–H and O–H groups in total. The summed E-state index contributed by atoms with van der Waals surface area (Å²) in [5.74, 6) is -1.87. The molecule has 1 fully saturated rings. The lowest BCUT2D eigenvalue weighted by Gasteiger charge is -2.34. The number of alkyl halides is 5. The number of hydrogen-bond acceptors (Lipinski definition) is 3. The summed E-state index contributed by atoms with van der Waals surface area (Å²) < 4.78 is 67.3. The number of benzene rings is 2. The summed E-state index contributed by atoms with van der Waals surface area (Å²) in [6.07, 6.45) is -9.04. The summed E-state index contributed by atoms with van der Waals surface area (Å²) >= 11 is 0. The average Bonchev–Trinajstić information content (AvgIpc) is 2.73. The third-order valence-electron chi connectivity index (χ3n) is 5.09. The molecule has 3 rings (SSSR count). The molecule has 0 bridgehead atoms. The number of carbonyl (C=O) groups excluding carboxylic acids is 3. The van der Waals surface area contributed by atoms with Gasteiger partial charge in [0.2, 0.25) is 11.8 Å². The van der Waals surface area contributed by atoms with Crippen LogP contribution in [0.5, 0.6) is 0 Å². The normalized spacial score (nSPS) is 17.0. The summed E-state index contributed by atoms with van der Waals surface area (Å²) in [6.45, 7) is 0.346. The zero-order chi connectivity index (χ0) is 23.6. The van der Waals surface area contributed by atoms with Crippen molar-refractivity contribution < 1.29 is 36.3 Å². The molecule has 10 heteroatoms. The SMILES string of the molecule is Cc1ccc([C@H](F)CN2C(=O)CC(=O)N(C[C@@H](F)c3ccc(C(F)(F)F)cc3)C2=O)cc1. The number of nitrogens with zero attached hydrogens (tertiary/aromatic N) is 2. The monoisotopic (exact) mass is 454 g/mol. The van der Waals surface area contributed by atoms with Gasteiger partial charge in [0.05, 0.1) is 18.7 Å². The van der Waals surface area contributed by atoms with E-state index in [1.54, 1.807) is 12.1 Å². The van der Waals surface area contributed by atoms with Gasteiger partial charge in [-0.2, -0.15) is 13.2 Å². The predicted octanol–water partition coefficient (Wildman–Crippen LogP) is 4.92. The van der Waals surface area contributed by atoms with Crippen molar-refractivity contribution in [2.75, 3.05) is 13.1 Å². The second-order valence-electron chi connectivity index (χ2n) is 7.43. The number of halogens is 5. The molecular weight excluding hydrogens is 435 g/mol. The van der Waals surface area contributed by atoms with Crippen LogP contribution < -0.4 is 0 Å². The van der Waals surface area contributed by atoms with Crippen LogP contribution in [0.15, 0.2) is 48.5 Å². The number of hydrogen-bond donors (Lipinski definition) is 0. The molecule has 5 nitrogen and oxygen atoms in total. The van der Waals surface area contributed by atoms with E-state index in [0.717, 1.165) is 17.7 Å². The van der Waals surface area contributed by atoms with Crippen LogP contribution >= 0.6 is 0 Å². The predicted molar refractivity (Wildman–Crippen MR) is 104 cm³/mol. The molecule has 0 spiro atoms. The molecule has 2 aromatic carbocycles. The smallest absolute Gasteiger partial charge is 0.274 e. The maximum absolute atomic E-state index is 14.7. The first-order valence-electron chi connectivity index (χ1n) is 9.64. The third kappa shape index (κ3) is 5.12. The highest BCUT2D eigenvalue weighted by molar-refractivity contribution is 6.14. The van der Waals surface area contributed by atoms with Crippen molar-refractivity contribution in [2.24, 2.45) is 0 Å². The largest absolute Gasteiger partial charge is 0.416 e.